The van der Waals surface area contributed by atoms with Gasteiger partial charge in [0.1, 0.15) is 0 Å². The van der Waals surface area contributed by atoms with E-state index in [4.69, 9.17) is 0 Å². The zero-order valence-corrected chi connectivity index (χ0v) is 10.1. The average molecular weight is 245 g/mol. The fraction of sp³-hybridized carbons (Fsp3) is 1.00. The second kappa shape index (κ2) is 5.45. The number of hydrogen-bond acceptors (Lipinski definition) is 0. The van der Waals surface area contributed by atoms with Crippen LogP contribution in [0.3, 0.4) is 0 Å². The summed E-state index contributed by atoms with van der Waals surface area (Å²) < 4.78 is 1.52. The Kier molecular flexibility index (Phi) is 4.85. The maximum absolute atomic E-state index is 1.54. The van der Waals surface area contributed by atoms with E-state index >= 15 is 0 Å². The van der Waals surface area contributed by atoms with Crippen LogP contribution in [0.1, 0.15) is 44.9 Å². The van der Waals surface area contributed by atoms with Gasteiger partial charge in [-0.2, -0.15) is 0 Å². The predicted octanol–water partition coefficient (Wildman–Crippen LogP) is 2.67. The van der Waals surface area contributed by atoms with Gasteiger partial charge in [0.25, 0.3) is 0 Å². The van der Waals surface area contributed by atoms with Gasteiger partial charge in [-0.25, -0.2) is 0 Å². The zero-order valence-electron chi connectivity index (χ0n) is 6.81. The van der Waals surface area contributed by atoms with E-state index in [9.17, 15) is 0 Å². The van der Waals surface area contributed by atoms with E-state index in [0.29, 0.717) is 0 Å². The Bertz CT molecular complexity index is 72.8. The Labute approximate surface area is 77.9 Å². The molecule has 1 heteroatoms. The Morgan fingerprint density at radius 1 is 1.00 bits per heavy atom. The van der Waals surface area contributed by atoms with Gasteiger partial charge in [0.2, 0.25) is 0 Å². The monoisotopic (exact) mass is 246 g/mol. The summed E-state index contributed by atoms with van der Waals surface area (Å²) >= 11 is 1.48. The first-order valence-electron chi connectivity index (χ1n) is 4.63. The molecule has 0 aromatic carbocycles. The van der Waals surface area contributed by atoms with Crippen LogP contribution in [0.25, 0.3) is 0 Å². The SMILES string of the molecule is [SnH][CH2]CC1CCCCCC1. The summed E-state index contributed by atoms with van der Waals surface area (Å²) in [5.74, 6) is 1.12. The van der Waals surface area contributed by atoms with Crippen LogP contribution in [-0.2, 0) is 0 Å². The predicted molar refractivity (Wildman–Crippen MR) is 47.8 cm³/mol. The normalized spacial score (nSPS) is 22.5. The van der Waals surface area contributed by atoms with Crippen molar-refractivity contribution in [1.29, 1.82) is 0 Å². The molecule has 0 spiro atoms. The molecule has 0 heterocycles. The fourth-order valence-electron chi connectivity index (χ4n) is 1.89. The Balaban J connectivity index is 2.15. The number of hydrogen-bond donors (Lipinski definition) is 0. The summed E-state index contributed by atoms with van der Waals surface area (Å²) in [5.41, 5.74) is 0. The van der Waals surface area contributed by atoms with Crippen LogP contribution in [-0.4, -0.2) is 22.5 Å². The molecule has 0 bridgehead atoms. The van der Waals surface area contributed by atoms with Gasteiger partial charge in [0, 0.05) is 0 Å². The van der Waals surface area contributed by atoms with E-state index in [-0.39, 0.29) is 0 Å². The third-order valence-corrected chi connectivity index (χ3v) is 3.50. The topological polar surface area (TPSA) is 0 Å². The van der Waals surface area contributed by atoms with Crippen molar-refractivity contribution in [3.63, 3.8) is 0 Å². The molecule has 0 saturated heterocycles. The zero-order chi connectivity index (χ0) is 7.23. The van der Waals surface area contributed by atoms with Gasteiger partial charge in [-0.1, -0.05) is 0 Å². The molecule has 1 saturated carbocycles. The number of rotatable bonds is 2. The van der Waals surface area contributed by atoms with Gasteiger partial charge in [-0.3, -0.25) is 0 Å². The first-order valence-corrected chi connectivity index (χ1v) is 6.96. The molecule has 0 atom stereocenters. The van der Waals surface area contributed by atoms with Crippen LogP contribution in [0.4, 0.5) is 0 Å². The molecule has 1 fully saturated rings. The van der Waals surface area contributed by atoms with Crippen LogP contribution in [0.5, 0.6) is 0 Å². The Hall–Kier alpha value is 0.799. The summed E-state index contributed by atoms with van der Waals surface area (Å²) in [7, 11) is 0. The Morgan fingerprint density at radius 3 is 2.10 bits per heavy atom. The third kappa shape index (κ3) is 3.27. The van der Waals surface area contributed by atoms with Gasteiger partial charge in [0.15, 0.2) is 0 Å². The third-order valence-electron chi connectivity index (χ3n) is 2.55. The molecule has 1 aliphatic carbocycles. The van der Waals surface area contributed by atoms with Crippen molar-refractivity contribution in [3.8, 4) is 0 Å². The first kappa shape index (κ1) is 8.89. The molecule has 0 amide bonds. The van der Waals surface area contributed by atoms with Crippen molar-refractivity contribution in [2.24, 2.45) is 5.92 Å². The van der Waals surface area contributed by atoms with Gasteiger partial charge in [-0.15, -0.1) is 0 Å². The van der Waals surface area contributed by atoms with Crippen molar-refractivity contribution in [1.82, 2.24) is 0 Å². The summed E-state index contributed by atoms with van der Waals surface area (Å²) in [6.07, 6.45) is 10.7. The average Bonchev–Trinajstić information content (AvgIpc) is 2.17. The summed E-state index contributed by atoms with van der Waals surface area (Å²) in [6, 6.07) is 0. The summed E-state index contributed by atoms with van der Waals surface area (Å²) in [5, 5.41) is 0. The van der Waals surface area contributed by atoms with E-state index in [0.717, 1.165) is 5.92 Å². The molecular weight excluding hydrogens is 227 g/mol. The molecule has 0 N–H and O–H groups in total. The minimum absolute atomic E-state index is 1.12. The van der Waals surface area contributed by atoms with E-state index < -0.39 is 0 Å². The molecule has 2 radical (unpaired) electrons. The first-order chi connectivity index (χ1) is 4.93. The van der Waals surface area contributed by atoms with E-state index in [1.807, 2.05) is 0 Å². The molecule has 0 unspecified atom stereocenters. The van der Waals surface area contributed by atoms with Crippen LogP contribution >= 0.6 is 0 Å². The van der Waals surface area contributed by atoms with Crippen molar-refractivity contribution < 1.29 is 0 Å². The Morgan fingerprint density at radius 2 is 1.60 bits per heavy atom. The maximum atomic E-state index is 1.54. The molecule has 0 aliphatic heterocycles. The van der Waals surface area contributed by atoms with E-state index in [1.54, 1.807) is 19.3 Å². The molecule has 0 aromatic rings. The summed E-state index contributed by atoms with van der Waals surface area (Å²) in [4.78, 5) is 0. The molecule has 1 aliphatic rings. The van der Waals surface area contributed by atoms with Gasteiger partial charge in [0.05, 0.1) is 0 Å². The van der Waals surface area contributed by atoms with Crippen LogP contribution in [0, 0.1) is 5.92 Å². The minimum atomic E-state index is 1.12. The molecule has 10 heavy (non-hydrogen) atoms. The van der Waals surface area contributed by atoms with Crippen molar-refractivity contribution in [3.05, 3.63) is 0 Å². The molecule has 58 valence electrons. The van der Waals surface area contributed by atoms with Crippen LogP contribution in [0.2, 0.25) is 4.44 Å². The summed E-state index contributed by atoms with van der Waals surface area (Å²) in [6.45, 7) is 0. The van der Waals surface area contributed by atoms with Crippen LogP contribution < -0.4 is 0 Å². The molecule has 0 nitrogen and oxygen atoms in total. The van der Waals surface area contributed by atoms with E-state index in [1.165, 1.54) is 52.6 Å². The quantitative estimate of drug-likeness (QED) is 0.518. The second-order valence-corrected chi connectivity index (χ2v) is 5.08. The van der Waals surface area contributed by atoms with Crippen molar-refractivity contribution in [2.45, 2.75) is 49.4 Å². The molecule has 0 aromatic heterocycles. The van der Waals surface area contributed by atoms with Crippen molar-refractivity contribution in [2.75, 3.05) is 0 Å². The molecule has 1 rings (SSSR count). The van der Waals surface area contributed by atoms with Gasteiger partial charge < -0.3 is 0 Å². The van der Waals surface area contributed by atoms with Crippen molar-refractivity contribution >= 4 is 22.5 Å². The van der Waals surface area contributed by atoms with Crippen LogP contribution in [0.15, 0.2) is 0 Å². The van der Waals surface area contributed by atoms with Gasteiger partial charge >= 0.3 is 77.8 Å². The standard InChI is InChI=1S/C9H17.Sn.H/c1-2-9-7-5-3-4-6-8-9;;/h9H,1-8H2;;. The fourth-order valence-corrected chi connectivity index (χ4v) is 3.23. The van der Waals surface area contributed by atoms with Gasteiger partial charge in [-0.05, 0) is 0 Å². The molecular formula is C9H18Sn. The second-order valence-electron chi connectivity index (χ2n) is 3.43. The van der Waals surface area contributed by atoms with E-state index in [2.05, 4.69) is 0 Å².